The molecule has 6 heterocycles. The van der Waals surface area contributed by atoms with E-state index in [1.54, 1.807) is 0 Å². The van der Waals surface area contributed by atoms with Gasteiger partial charge < -0.3 is 0 Å². The fourth-order valence-corrected chi connectivity index (χ4v) is 14.1. The molecule has 0 amide bonds. The zero-order chi connectivity index (χ0) is 44.9. The van der Waals surface area contributed by atoms with Crippen molar-refractivity contribution in [3.63, 3.8) is 0 Å². The van der Waals surface area contributed by atoms with Gasteiger partial charge in [0.05, 0.1) is 0 Å². The molecule has 0 saturated carbocycles. The molecule has 0 spiro atoms. The summed E-state index contributed by atoms with van der Waals surface area (Å²) in [6, 6.07) is 24.8. The molecule has 13 heteroatoms. The van der Waals surface area contributed by atoms with Gasteiger partial charge in [-0.15, -0.1) is 0 Å². The number of hydrogen-bond donors (Lipinski definition) is 0. The second kappa shape index (κ2) is 18.0. The van der Waals surface area contributed by atoms with E-state index in [2.05, 4.69) is 109 Å². The number of fused-ring (bicyclic) bond motifs is 14. The molecule has 6 bridgehead atoms. The van der Waals surface area contributed by atoms with Crippen molar-refractivity contribution in [3.05, 3.63) is 106 Å². The summed E-state index contributed by atoms with van der Waals surface area (Å²) in [6.07, 6.45) is 7.06. The SMILES string of the molecule is CCC(CC)Oc1cccc2c1C1=NC2=Nc2c3c(OC(CC)CC)cccc3c3[n]2[Pb][n]2c(c4cccc(OC(CC)CC)c4c2=NC2=NC(=N3)c3c(OC(CC)CC)cccc32)=N1. The topological polar surface area (TPSA) is 121 Å². The van der Waals surface area contributed by atoms with Crippen LogP contribution in [0.4, 0.5) is 11.6 Å². The fourth-order valence-electron chi connectivity index (χ4n) is 9.28. The first kappa shape index (κ1) is 43.3. The van der Waals surface area contributed by atoms with Crippen molar-refractivity contribution in [2.45, 2.75) is 131 Å². The Labute approximate surface area is 393 Å². The van der Waals surface area contributed by atoms with Crippen molar-refractivity contribution in [2.24, 2.45) is 30.0 Å². The first-order valence-corrected chi connectivity index (χ1v) is 27.2. The molecular weight excluding hydrogens is 1010 g/mol. The average Bonchev–Trinajstić information content (AvgIpc) is 4.05. The number of benzene rings is 4. The third-order valence-electron chi connectivity index (χ3n) is 13.1. The Morgan fingerprint density at radius 3 is 1.37 bits per heavy atom. The van der Waals surface area contributed by atoms with Gasteiger partial charge >= 0.3 is 395 Å². The van der Waals surface area contributed by atoms with Gasteiger partial charge in [0.25, 0.3) is 0 Å². The Hall–Kier alpha value is -5.64. The number of nitrogens with zero attached hydrogens (tertiary/aromatic N) is 8. The molecule has 4 aromatic carbocycles. The molecule has 0 N–H and O–H groups in total. The first-order chi connectivity index (χ1) is 31.8. The predicted molar refractivity (Wildman–Crippen MR) is 261 cm³/mol. The third-order valence-corrected chi connectivity index (χ3v) is 17.9. The fraction of sp³-hybridized carbons (Fsp3) is 0.385. The number of amidine groups is 4. The number of hydrogen-bond acceptors (Lipinski definition) is 10. The molecule has 4 aliphatic rings. The van der Waals surface area contributed by atoms with E-state index in [1.165, 1.54) is 0 Å². The van der Waals surface area contributed by atoms with Crippen molar-refractivity contribution in [2.75, 3.05) is 0 Å². The van der Waals surface area contributed by atoms with Gasteiger partial charge in [-0.3, -0.25) is 0 Å². The van der Waals surface area contributed by atoms with Crippen molar-refractivity contribution in [3.8, 4) is 23.0 Å². The zero-order valence-electron chi connectivity index (χ0n) is 38.6. The summed E-state index contributed by atoms with van der Waals surface area (Å²) < 4.78 is 32.2. The Morgan fingerprint density at radius 2 is 0.815 bits per heavy atom. The molecule has 65 heavy (non-hydrogen) atoms. The summed E-state index contributed by atoms with van der Waals surface area (Å²) in [4.78, 5) is 33.2. The van der Waals surface area contributed by atoms with Crippen LogP contribution in [0.1, 0.15) is 129 Å². The van der Waals surface area contributed by atoms with Crippen LogP contribution < -0.4 is 29.9 Å². The standard InChI is InChI=1S/C52H56N8O4.Pb/c1-9-29(10-2)61-37-25-17-21-33-41(37)49-53-45(33)58-50-43-35(23-19-27-39(43)63-31(13-5)14-6)47(55-50)60-52-44-36(24-20-28-40(44)64-32(15-7)16-8)48(56-52)59-51-42-34(46(54-51)57-49)22-18-26-38(42)62-30(11-3)12-4;/h17-32H,9-16H2,1-8H3;/q-2;+2. The minimum absolute atomic E-state index is 0.0154. The van der Waals surface area contributed by atoms with E-state index in [1.807, 2.05) is 24.3 Å². The van der Waals surface area contributed by atoms with E-state index in [0.29, 0.717) is 23.3 Å². The second-order valence-electron chi connectivity index (χ2n) is 17.0. The monoisotopic (exact) mass is 1060 g/mol. The van der Waals surface area contributed by atoms with Gasteiger partial charge in [0, 0.05) is 0 Å². The molecule has 12 nitrogen and oxygen atoms in total. The molecule has 0 unspecified atom stereocenters. The van der Waals surface area contributed by atoms with E-state index in [0.717, 1.165) is 141 Å². The molecule has 0 saturated heterocycles. The van der Waals surface area contributed by atoms with Crippen LogP contribution >= 0.6 is 0 Å². The number of aromatic nitrogens is 2. The number of rotatable bonds is 16. The van der Waals surface area contributed by atoms with Crippen LogP contribution in [0.25, 0.3) is 21.5 Å². The molecule has 10 rings (SSSR count). The Bertz CT molecular complexity index is 3110. The van der Waals surface area contributed by atoms with Crippen molar-refractivity contribution >= 4 is 81.4 Å². The van der Waals surface area contributed by atoms with Gasteiger partial charge in [-0.25, -0.2) is 0 Å². The van der Waals surface area contributed by atoms with Crippen LogP contribution in [0.5, 0.6) is 23.0 Å². The zero-order valence-corrected chi connectivity index (χ0v) is 42.5. The molecule has 0 aliphatic carbocycles. The van der Waals surface area contributed by atoms with Crippen LogP contribution in [0.15, 0.2) is 103 Å². The van der Waals surface area contributed by atoms with Crippen LogP contribution in [0, 0.1) is 0 Å². The summed E-state index contributed by atoms with van der Waals surface area (Å²) in [7, 11) is 0. The van der Waals surface area contributed by atoms with E-state index < -0.39 is 24.8 Å². The molecule has 0 fully saturated rings. The van der Waals surface area contributed by atoms with Crippen molar-refractivity contribution in [1.29, 1.82) is 0 Å². The maximum absolute atomic E-state index is 6.93. The third kappa shape index (κ3) is 7.39. The van der Waals surface area contributed by atoms with Gasteiger partial charge in [-0.05, 0) is 0 Å². The average molecular weight is 1060 g/mol. The van der Waals surface area contributed by atoms with Gasteiger partial charge in [0.1, 0.15) is 0 Å². The minimum atomic E-state index is -2.48. The van der Waals surface area contributed by atoms with Crippen LogP contribution in [0.2, 0.25) is 0 Å². The second-order valence-corrected chi connectivity index (χ2v) is 21.2. The van der Waals surface area contributed by atoms with Crippen molar-refractivity contribution in [1.82, 2.24) is 4.75 Å². The van der Waals surface area contributed by atoms with E-state index in [4.69, 9.17) is 48.9 Å². The Morgan fingerprint density at radius 1 is 0.400 bits per heavy atom. The summed E-state index contributed by atoms with van der Waals surface area (Å²) in [5, 5.41) is 3.64. The Balaban J connectivity index is 1.38. The van der Waals surface area contributed by atoms with E-state index >= 15 is 0 Å². The predicted octanol–water partition coefficient (Wildman–Crippen LogP) is 10.7. The van der Waals surface area contributed by atoms with Gasteiger partial charge in [0.2, 0.25) is 0 Å². The number of aliphatic imine (C=N–C) groups is 4. The summed E-state index contributed by atoms with van der Waals surface area (Å²) >= 11 is -2.48. The molecule has 2 aromatic heterocycles. The van der Waals surface area contributed by atoms with Crippen LogP contribution in [-0.2, 0) is 0 Å². The molecule has 6 aromatic rings. The summed E-state index contributed by atoms with van der Waals surface area (Å²) in [5.74, 6) is 6.78. The number of ether oxygens (including phenoxy) is 4. The van der Waals surface area contributed by atoms with Crippen molar-refractivity contribution < 1.29 is 18.9 Å². The summed E-state index contributed by atoms with van der Waals surface area (Å²) in [5.41, 5.74) is 4.91. The normalized spacial score (nSPS) is 14.5. The van der Waals surface area contributed by atoms with E-state index in [9.17, 15) is 0 Å². The Kier molecular flexibility index (Phi) is 12.0. The van der Waals surface area contributed by atoms with Gasteiger partial charge in [0.15, 0.2) is 0 Å². The first-order valence-electron chi connectivity index (χ1n) is 23.7. The quantitative estimate of drug-likeness (QED) is 0.0896. The maximum atomic E-state index is 6.93. The van der Waals surface area contributed by atoms with E-state index in [-0.39, 0.29) is 24.4 Å². The molecule has 2 radical (unpaired) electrons. The molecule has 4 aliphatic heterocycles. The van der Waals surface area contributed by atoms with Crippen LogP contribution in [0.3, 0.4) is 0 Å². The molecular formula is C52H56N8O4Pb. The molecule has 332 valence electrons. The van der Waals surface area contributed by atoms with Crippen LogP contribution in [-0.4, -0.2) is 77.3 Å². The van der Waals surface area contributed by atoms with Gasteiger partial charge in [-0.1, -0.05) is 0 Å². The van der Waals surface area contributed by atoms with Gasteiger partial charge in [-0.2, -0.15) is 0 Å². The molecule has 0 atom stereocenters. The summed E-state index contributed by atoms with van der Waals surface area (Å²) in [6.45, 7) is 17.3.